The number of benzene rings is 1. The van der Waals surface area contributed by atoms with Crippen LogP contribution in [0.15, 0.2) is 29.2 Å². The number of aliphatic hydroxyl groups is 1. The van der Waals surface area contributed by atoms with Crippen molar-refractivity contribution in [2.45, 2.75) is 25.9 Å². The van der Waals surface area contributed by atoms with Crippen molar-refractivity contribution in [3.05, 3.63) is 45.6 Å². The minimum atomic E-state index is -0.186. The molecule has 0 amide bonds. The van der Waals surface area contributed by atoms with Crippen LogP contribution in [0, 0.1) is 6.92 Å². The first-order chi connectivity index (χ1) is 13.4. The summed E-state index contributed by atoms with van der Waals surface area (Å²) in [6.45, 7) is 3.15. The van der Waals surface area contributed by atoms with E-state index in [4.69, 9.17) is 27.2 Å². The number of fused-ring (bicyclic) bond motifs is 1. The molecule has 1 fully saturated rings. The second-order valence-electron chi connectivity index (χ2n) is 6.55. The summed E-state index contributed by atoms with van der Waals surface area (Å²) in [5.41, 5.74) is 7.37. The molecule has 0 aliphatic carbocycles. The average Bonchev–Trinajstić information content (AvgIpc) is 2.69. The summed E-state index contributed by atoms with van der Waals surface area (Å²) in [5.74, 6) is 0.778. The highest BCUT2D eigenvalue weighted by molar-refractivity contribution is 6.33. The first-order valence-electron chi connectivity index (χ1n) is 8.88. The number of rotatable bonds is 1. The van der Waals surface area contributed by atoms with Crippen molar-refractivity contribution in [3.63, 3.8) is 0 Å². The highest BCUT2D eigenvalue weighted by atomic mass is 35.5. The third kappa shape index (κ3) is 4.46. The molecule has 0 saturated carbocycles. The van der Waals surface area contributed by atoms with E-state index in [9.17, 15) is 4.79 Å². The van der Waals surface area contributed by atoms with Gasteiger partial charge in [0.05, 0.1) is 40.5 Å². The Morgan fingerprint density at radius 1 is 1.36 bits per heavy atom. The largest absolute Gasteiger partial charge is 0.391 e. The highest BCUT2D eigenvalue weighted by Gasteiger charge is 2.11. The SMILES string of the molecule is Cc1nc2cc(-c3nc(N)ncc3Cl)ccc2c(=O)n1C.OC1CCCOC1. The molecule has 1 unspecified atom stereocenters. The molecule has 28 heavy (non-hydrogen) atoms. The fourth-order valence-electron chi connectivity index (χ4n) is 2.84. The standard InChI is InChI=1S/C14H12ClN5O.C5H10O2/c1-7-18-11-5-8(3-4-9(11)13(21)20(7)2)12-10(15)6-17-14(16)19-12;6-5-2-1-3-7-4-5/h3-6H,1-2H3,(H2,16,17,19);5-6H,1-4H2. The summed E-state index contributed by atoms with van der Waals surface area (Å²) < 4.78 is 6.44. The van der Waals surface area contributed by atoms with Gasteiger partial charge in [0.15, 0.2) is 0 Å². The van der Waals surface area contributed by atoms with E-state index in [0.29, 0.717) is 34.1 Å². The van der Waals surface area contributed by atoms with Gasteiger partial charge in [-0.25, -0.2) is 15.0 Å². The molecular formula is C19H22ClN5O3. The molecule has 0 spiro atoms. The Morgan fingerprint density at radius 2 is 2.14 bits per heavy atom. The second kappa shape index (κ2) is 8.64. The molecule has 3 aromatic rings. The van der Waals surface area contributed by atoms with Crippen LogP contribution >= 0.6 is 11.6 Å². The number of hydrogen-bond acceptors (Lipinski definition) is 7. The Kier molecular flexibility index (Phi) is 6.23. The van der Waals surface area contributed by atoms with Gasteiger partial charge < -0.3 is 15.6 Å². The topological polar surface area (TPSA) is 116 Å². The smallest absolute Gasteiger partial charge is 0.261 e. The van der Waals surface area contributed by atoms with Gasteiger partial charge in [0, 0.05) is 19.2 Å². The van der Waals surface area contributed by atoms with E-state index in [0.717, 1.165) is 25.0 Å². The van der Waals surface area contributed by atoms with E-state index in [2.05, 4.69) is 15.0 Å². The Hall–Kier alpha value is -2.55. The van der Waals surface area contributed by atoms with E-state index in [-0.39, 0.29) is 17.6 Å². The molecule has 3 N–H and O–H groups in total. The molecular weight excluding hydrogens is 382 g/mol. The van der Waals surface area contributed by atoms with E-state index in [1.165, 1.54) is 10.8 Å². The maximum absolute atomic E-state index is 12.2. The van der Waals surface area contributed by atoms with Gasteiger partial charge in [0.1, 0.15) is 5.82 Å². The number of ether oxygens (including phenoxy) is 1. The molecule has 0 radical (unpaired) electrons. The van der Waals surface area contributed by atoms with Gasteiger partial charge in [0.2, 0.25) is 5.95 Å². The monoisotopic (exact) mass is 403 g/mol. The predicted molar refractivity (Wildman–Crippen MR) is 108 cm³/mol. The van der Waals surface area contributed by atoms with Crippen LogP contribution in [0.1, 0.15) is 18.7 Å². The number of nitrogens with zero attached hydrogens (tertiary/aromatic N) is 4. The highest BCUT2D eigenvalue weighted by Crippen LogP contribution is 2.27. The van der Waals surface area contributed by atoms with Crippen molar-refractivity contribution in [2.24, 2.45) is 7.05 Å². The Balaban J connectivity index is 0.000000271. The number of halogens is 1. The number of nitrogen functional groups attached to an aromatic ring is 1. The number of nitrogens with two attached hydrogens (primary N) is 1. The van der Waals surface area contributed by atoms with Crippen molar-refractivity contribution in [3.8, 4) is 11.3 Å². The van der Waals surface area contributed by atoms with Crippen molar-refractivity contribution in [1.82, 2.24) is 19.5 Å². The first-order valence-corrected chi connectivity index (χ1v) is 9.26. The number of aryl methyl sites for hydroxylation is 1. The van der Waals surface area contributed by atoms with Crippen molar-refractivity contribution < 1.29 is 9.84 Å². The van der Waals surface area contributed by atoms with E-state index in [1.807, 2.05) is 0 Å². The number of hydrogen-bond donors (Lipinski definition) is 2. The quantitative estimate of drug-likeness (QED) is 0.638. The lowest BCUT2D eigenvalue weighted by Gasteiger charge is -2.15. The van der Waals surface area contributed by atoms with Gasteiger partial charge in [-0.3, -0.25) is 9.36 Å². The lowest BCUT2D eigenvalue weighted by atomic mass is 10.1. The van der Waals surface area contributed by atoms with Gasteiger partial charge in [-0.05, 0) is 31.9 Å². The van der Waals surface area contributed by atoms with Gasteiger partial charge in [0.25, 0.3) is 5.56 Å². The van der Waals surface area contributed by atoms with Gasteiger partial charge in [-0.2, -0.15) is 0 Å². The summed E-state index contributed by atoms with van der Waals surface area (Å²) in [5, 5.41) is 9.72. The van der Waals surface area contributed by atoms with Crippen LogP contribution in [-0.2, 0) is 11.8 Å². The van der Waals surface area contributed by atoms with Crippen LogP contribution < -0.4 is 11.3 Å². The number of anilines is 1. The molecule has 1 aliphatic heterocycles. The fraction of sp³-hybridized carbons (Fsp3) is 0.368. The van der Waals surface area contributed by atoms with Crippen LogP contribution in [0.5, 0.6) is 0 Å². The second-order valence-corrected chi connectivity index (χ2v) is 6.96. The molecule has 1 atom stereocenters. The molecule has 1 aliphatic rings. The van der Waals surface area contributed by atoms with Crippen LogP contribution in [0.4, 0.5) is 5.95 Å². The molecule has 0 bridgehead atoms. The summed E-state index contributed by atoms with van der Waals surface area (Å²) in [6.07, 6.45) is 3.20. The molecule has 9 heteroatoms. The van der Waals surface area contributed by atoms with Crippen molar-refractivity contribution >= 4 is 28.5 Å². The van der Waals surface area contributed by atoms with Gasteiger partial charge in [-0.1, -0.05) is 17.7 Å². The van der Waals surface area contributed by atoms with Crippen molar-refractivity contribution in [2.75, 3.05) is 18.9 Å². The third-order valence-corrected chi connectivity index (χ3v) is 4.75. The first kappa shape index (κ1) is 20.2. The molecule has 1 saturated heterocycles. The summed E-state index contributed by atoms with van der Waals surface area (Å²) in [6, 6.07) is 5.26. The zero-order valence-electron chi connectivity index (χ0n) is 15.7. The summed E-state index contributed by atoms with van der Waals surface area (Å²) in [4.78, 5) is 24.6. The summed E-state index contributed by atoms with van der Waals surface area (Å²) >= 11 is 6.10. The van der Waals surface area contributed by atoms with E-state index in [1.54, 1.807) is 32.2 Å². The summed E-state index contributed by atoms with van der Waals surface area (Å²) in [7, 11) is 1.69. The van der Waals surface area contributed by atoms with Crippen LogP contribution in [0.3, 0.4) is 0 Å². The molecule has 2 aromatic heterocycles. The molecule has 148 valence electrons. The number of aromatic nitrogens is 4. The minimum Gasteiger partial charge on any atom is -0.391 e. The normalized spacial score (nSPS) is 16.5. The Bertz CT molecular complexity index is 1050. The predicted octanol–water partition coefficient (Wildman–Crippen LogP) is 2.09. The maximum Gasteiger partial charge on any atom is 0.261 e. The maximum atomic E-state index is 12.2. The zero-order chi connectivity index (χ0) is 20.3. The number of aliphatic hydroxyl groups excluding tert-OH is 1. The lowest BCUT2D eigenvalue weighted by molar-refractivity contribution is -0.00535. The average molecular weight is 404 g/mol. The van der Waals surface area contributed by atoms with Crippen molar-refractivity contribution in [1.29, 1.82) is 0 Å². The molecule has 3 heterocycles. The zero-order valence-corrected chi connectivity index (χ0v) is 16.5. The van der Waals surface area contributed by atoms with E-state index < -0.39 is 0 Å². The molecule has 8 nitrogen and oxygen atoms in total. The van der Waals surface area contributed by atoms with Gasteiger partial charge >= 0.3 is 0 Å². The van der Waals surface area contributed by atoms with Crippen LogP contribution in [-0.4, -0.2) is 43.9 Å². The third-order valence-electron chi connectivity index (χ3n) is 4.47. The fourth-order valence-corrected chi connectivity index (χ4v) is 3.04. The molecule has 1 aromatic carbocycles. The van der Waals surface area contributed by atoms with Gasteiger partial charge in [-0.15, -0.1) is 0 Å². The van der Waals surface area contributed by atoms with Crippen LogP contribution in [0.25, 0.3) is 22.2 Å². The lowest BCUT2D eigenvalue weighted by Crippen LogP contribution is -2.21. The van der Waals surface area contributed by atoms with Crippen LogP contribution in [0.2, 0.25) is 5.02 Å². The Morgan fingerprint density at radius 3 is 2.79 bits per heavy atom. The molecule has 4 rings (SSSR count). The minimum absolute atomic E-state index is 0.0858. The van der Waals surface area contributed by atoms with E-state index >= 15 is 0 Å². The Labute approximate surface area is 167 Å².